The lowest BCUT2D eigenvalue weighted by Crippen LogP contribution is -2.23. The van der Waals surface area contributed by atoms with Gasteiger partial charge in [0.05, 0.1) is 11.6 Å². The molecule has 0 radical (unpaired) electrons. The number of hydrogen-bond donors (Lipinski definition) is 1. The second-order valence-electron chi connectivity index (χ2n) is 4.88. The van der Waals surface area contributed by atoms with Gasteiger partial charge < -0.3 is 5.32 Å². The van der Waals surface area contributed by atoms with Crippen LogP contribution in [0.3, 0.4) is 0 Å². The normalized spacial score (nSPS) is 17.0. The molecule has 1 N–H and O–H groups in total. The van der Waals surface area contributed by atoms with Gasteiger partial charge in [0.15, 0.2) is 0 Å². The molecule has 0 aromatic heterocycles. The van der Waals surface area contributed by atoms with Crippen molar-refractivity contribution in [2.24, 2.45) is 5.92 Å². The van der Waals surface area contributed by atoms with Crippen molar-refractivity contribution in [2.75, 3.05) is 5.32 Å². The lowest BCUT2D eigenvalue weighted by Gasteiger charge is -2.29. The summed E-state index contributed by atoms with van der Waals surface area (Å²) in [6, 6.07) is 8.31. The minimum atomic E-state index is 0.490. The summed E-state index contributed by atoms with van der Waals surface area (Å²) in [6.45, 7) is 2.23. The summed E-state index contributed by atoms with van der Waals surface area (Å²) in [7, 11) is 0. The number of nitrogens with one attached hydrogen (secondary N) is 1. The molecular weight excluding hydrogens is 276 g/mol. The first-order valence-corrected chi connectivity index (χ1v) is 6.94. The Morgan fingerprint density at radius 1 is 1.53 bits per heavy atom. The molecule has 0 amide bonds. The molecule has 1 fully saturated rings. The molecule has 0 spiro atoms. The Balaban J connectivity index is 1.95. The van der Waals surface area contributed by atoms with Crippen molar-refractivity contribution in [3.63, 3.8) is 0 Å². The van der Waals surface area contributed by atoms with E-state index in [0.717, 1.165) is 16.1 Å². The maximum absolute atomic E-state index is 8.80. The third-order valence-electron chi connectivity index (χ3n) is 3.41. The van der Waals surface area contributed by atoms with Gasteiger partial charge in [-0.05, 0) is 53.4 Å². The lowest BCUT2D eigenvalue weighted by atomic mass is 9.81. The van der Waals surface area contributed by atoms with Crippen molar-refractivity contribution in [3.05, 3.63) is 28.2 Å². The lowest BCUT2D eigenvalue weighted by molar-refractivity contribution is 0.286. The fraction of sp³-hybridized carbons (Fsp3) is 0.500. The highest BCUT2D eigenvalue weighted by Crippen LogP contribution is 2.32. The second kappa shape index (κ2) is 5.55. The van der Waals surface area contributed by atoms with Gasteiger partial charge in [0, 0.05) is 16.2 Å². The molecule has 1 atom stereocenters. The molecule has 17 heavy (non-hydrogen) atoms. The second-order valence-corrected chi connectivity index (χ2v) is 5.74. The maximum atomic E-state index is 8.80. The molecule has 1 aliphatic carbocycles. The van der Waals surface area contributed by atoms with Crippen LogP contribution in [0.5, 0.6) is 0 Å². The van der Waals surface area contributed by atoms with E-state index in [1.807, 2.05) is 18.2 Å². The van der Waals surface area contributed by atoms with E-state index in [0.29, 0.717) is 11.6 Å². The van der Waals surface area contributed by atoms with Crippen molar-refractivity contribution in [3.8, 4) is 6.07 Å². The van der Waals surface area contributed by atoms with Gasteiger partial charge in [-0.25, -0.2) is 0 Å². The largest absolute Gasteiger partial charge is 0.382 e. The molecule has 1 aromatic rings. The van der Waals surface area contributed by atoms with E-state index in [1.165, 1.54) is 25.7 Å². The summed E-state index contributed by atoms with van der Waals surface area (Å²) in [4.78, 5) is 0. The molecule has 0 saturated heterocycles. The molecule has 1 unspecified atom stereocenters. The first kappa shape index (κ1) is 12.4. The zero-order valence-electron chi connectivity index (χ0n) is 10.0. The number of benzene rings is 1. The van der Waals surface area contributed by atoms with Gasteiger partial charge in [0.25, 0.3) is 0 Å². The van der Waals surface area contributed by atoms with Gasteiger partial charge in [0.1, 0.15) is 0 Å². The zero-order chi connectivity index (χ0) is 12.3. The average Bonchev–Trinajstić information content (AvgIpc) is 2.26. The first-order valence-electron chi connectivity index (χ1n) is 6.15. The highest BCUT2D eigenvalue weighted by molar-refractivity contribution is 9.10. The smallest absolute Gasteiger partial charge is 0.0992 e. The number of nitriles is 1. The molecule has 1 saturated carbocycles. The van der Waals surface area contributed by atoms with Crippen LogP contribution in [0.4, 0.5) is 5.69 Å². The molecule has 1 aliphatic rings. The Labute approximate surface area is 111 Å². The Morgan fingerprint density at radius 2 is 2.29 bits per heavy atom. The predicted octanol–water partition coefficient (Wildman–Crippen LogP) is 4.31. The van der Waals surface area contributed by atoms with Crippen molar-refractivity contribution in [1.29, 1.82) is 5.26 Å². The van der Waals surface area contributed by atoms with Crippen LogP contribution < -0.4 is 5.32 Å². The molecule has 2 nitrogen and oxygen atoms in total. The number of nitrogens with zero attached hydrogens (tertiary/aromatic N) is 1. The van der Waals surface area contributed by atoms with Crippen LogP contribution in [-0.4, -0.2) is 6.04 Å². The fourth-order valence-electron chi connectivity index (χ4n) is 2.25. The van der Waals surface area contributed by atoms with E-state index >= 15 is 0 Å². The summed E-state index contributed by atoms with van der Waals surface area (Å²) in [5.74, 6) is 0.912. The van der Waals surface area contributed by atoms with Crippen LogP contribution in [-0.2, 0) is 0 Å². The van der Waals surface area contributed by atoms with E-state index in [4.69, 9.17) is 5.26 Å². The van der Waals surface area contributed by atoms with Crippen molar-refractivity contribution in [1.82, 2.24) is 0 Å². The first-order chi connectivity index (χ1) is 8.19. The monoisotopic (exact) mass is 292 g/mol. The van der Waals surface area contributed by atoms with Crippen LogP contribution in [0.1, 0.15) is 38.2 Å². The van der Waals surface area contributed by atoms with Gasteiger partial charge in [0.2, 0.25) is 0 Å². The summed E-state index contributed by atoms with van der Waals surface area (Å²) >= 11 is 3.50. The van der Waals surface area contributed by atoms with E-state index in [1.54, 1.807) is 0 Å². The van der Waals surface area contributed by atoms with Crippen LogP contribution in [0.15, 0.2) is 22.7 Å². The zero-order valence-corrected chi connectivity index (χ0v) is 11.6. The van der Waals surface area contributed by atoms with Crippen LogP contribution in [0.25, 0.3) is 0 Å². The molecule has 90 valence electrons. The summed E-state index contributed by atoms with van der Waals surface area (Å²) in [5.41, 5.74) is 1.77. The Morgan fingerprint density at radius 3 is 2.82 bits per heavy atom. The number of rotatable bonds is 4. The summed E-state index contributed by atoms with van der Waals surface area (Å²) in [5, 5.41) is 12.3. The average molecular weight is 293 g/mol. The molecule has 2 rings (SSSR count). The third kappa shape index (κ3) is 3.23. The minimum Gasteiger partial charge on any atom is -0.382 e. The predicted molar refractivity (Wildman–Crippen MR) is 73.9 cm³/mol. The van der Waals surface area contributed by atoms with Crippen LogP contribution in [0.2, 0.25) is 0 Å². The summed E-state index contributed by atoms with van der Waals surface area (Å²) in [6.07, 6.45) is 5.42. The molecule has 0 heterocycles. The van der Waals surface area contributed by atoms with E-state index in [9.17, 15) is 0 Å². The number of hydrogen-bond acceptors (Lipinski definition) is 2. The Bertz CT molecular complexity index is 432. The quantitative estimate of drug-likeness (QED) is 0.897. The Kier molecular flexibility index (Phi) is 4.06. The topological polar surface area (TPSA) is 35.8 Å². The van der Waals surface area contributed by atoms with Crippen LogP contribution in [0, 0.1) is 17.2 Å². The number of halogens is 1. The third-order valence-corrected chi connectivity index (χ3v) is 4.07. The van der Waals surface area contributed by atoms with Gasteiger partial charge in [-0.3, -0.25) is 0 Å². The van der Waals surface area contributed by atoms with Gasteiger partial charge in [-0.2, -0.15) is 5.26 Å². The van der Waals surface area contributed by atoms with Crippen molar-refractivity contribution < 1.29 is 0 Å². The van der Waals surface area contributed by atoms with E-state index in [2.05, 4.69) is 34.2 Å². The molecule has 0 aliphatic heterocycles. The molecule has 1 aromatic carbocycles. The minimum absolute atomic E-state index is 0.490. The highest BCUT2D eigenvalue weighted by Gasteiger charge is 2.20. The van der Waals surface area contributed by atoms with Crippen molar-refractivity contribution in [2.45, 2.75) is 38.6 Å². The SMILES string of the molecule is CC(CC1CCC1)Nc1ccc(C#N)cc1Br. The van der Waals surface area contributed by atoms with Crippen molar-refractivity contribution >= 4 is 21.6 Å². The van der Waals surface area contributed by atoms with E-state index in [-0.39, 0.29) is 0 Å². The molecular formula is C14H17BrN2. The van der Waals surface area contributed by atoms with E-state index < -0.39 is 0 Å². The molecule has 0 bridgehead atoms. The Hall–Kier alpha value is -1.01. The maximum Gasteiger partial charge on any atom is 0.0992 e. The van der Waals surface area contributed by atoms with Gasteiger partial charge in [-0.15, -0.1) is 0 Å². The fourth-order valence-corrected chi connectivity index (χ4v) is 2.75. The summed E-state index contributed by atoms with van der Waals surface area (Å²) < 4.78 is 0.969. The number of anilines is 1. The highest BCUT2D eigenvalue weighted by atomic mass is 79.9. The van der Waals surface area contributed by atoms with Gasteiger partial charge in [-0.1, -0.05) is 19.3 Å². The molecule has 3 heteroatoms. The van der Waals surface area contributed by atoms with Gasteiger partial charge >= 0.3 is 0 Å². The standard InChI is InChI=1S/C14H17BrN2/c1-10(7-11-3-2-4-11)17-14-6-5-12(9-16)8-13(14)15/h5-6,8,10-11,17H,2-4,7H2,1H3. The van der Waals surface area contributed by atoms with Crippen LogP contribution >= 0.6 is 15.9 Å².